The number of thioether (sulfide) groups is 1. The minimum absolute atomic E-state index is 0.0527. The van der Waals surface area contributed by atoms with E-state index in [4.69, 9.17) is 14.5 Å². The van der Waals surface area contributed by atoms with Gasteiger partial charge in [0.05, 0.1) is 5.41 Å². The van der Waals surface area contributed by atoms with Crippen molar-refractivity contribution in [1.82, 2.24) is 0 Å². The highest BCUT2D eigenvalue weighted by atomic mass is 32.2. The highest BCUT2D eigenvalue weighted by Crippen LogP contribution is 2.57. The Hall–Kier alpha value is -1.37. The minimum atomic E-state index is -1.34. The lowest BCUT2D eigenvalue weighted by atomic mass is 9.61. The van der Waals surface area contributed by atoms with Gasteiger partial charge >= 0.3 is 5.97 Å². The lowest BCUT2D eigenvalue weighted by Crippen LogP contribution is -2.65. The lowest BCUT2D eigenvalue weighted by molar-refractivity contribution is -0.515. The highest BCUT2D eigenvalue weighted by molar-refractivity contribution is 7.99. The number of Topliss-reactive ketones (excluding diaryl/α,β-unsaturated/α-hetero) is 1. The molecular formula is C20H26O5S. The SMILES string of the molecule is CC(=O)O[C@@]12C[C@@H](CC[C@]1(C)C(C)=O)[C@](C)(CSc1ccccc1)OO2. The molecule has 1 aliphatic carbocycles. The lowest BCUT2D eigenvalue weighted by Gasteiger charge is -2.56. The van der Waals surface area contributed by atoms with Crippen LogP contribution in [0.3, 0.4) is 0 Å². The van der Waals surface area contributed by atoms with Gasteiger partial charge in [0.15, 0.2) is 0 Å². The van der Waals surface area contributed by atoms with Crippen molar-refractivity contribution in [3.63, 3.8) is 0 Å². The summed E-state index contributed by atoms with van der Waals surface area (Å²) in [6.45, 7) is 6.69. The number of carbonyl (C=O) groups is 2. The van der Waals surface area contributed by atoms with Crippen molar-refractivity contribution in [3.05, 3.63) is 30.3 Å². The molecule has 2 aliphatic rings. The molecule has 1 saturated heterocycles. The third kappa shape index (κ3) is 3.30. The van der Waals surface area contributed by atoms with Gasteiger partial charge in [-0.15, -0.1) is 11.8 Å². The first kappa shape index (κ1) is 19.4. The molecule has 2 bridgehead atoms. The van der Waals surface area contributed by atoms with Gasteiger partial charge in [0, 0.05) is 24.0 Å². The Morgan fingerprint density at radius 1 is 1.19 bits per heavy atom. The van der Waals surface area contributed by atoms with Gasteiger partial charge in [-0.05, 0) is 51.7 Å². The quantitative estimate of drug-likeness (QED) is 0.436. The molecule has 1 aliphatic heterocycles. The number of ether oxygens (including phenoxy) is 1. The van der Waals surface area contributed by atoms with Crippen LogP contribution in [0, 0.1) is 11.3 Å². The fourth-order valence-corrected chi connectivity index (χ4v) is 5.00. The second-order valence-electron chi connectivity index (χ2n) is 7.76. The van der Waals surface area contributed by atoms with Crippen LogP contribution in [-0.2, 0) is 24.1 Å². The van der Waals surface area contributed by atoms with Crippen molar-refractivity contribution in [1.29, 1.82) is 0 Å². The summed E-state index contributed by atoms with van der Waals surface area (Å²) < 4.78 is 5.57. The van der Waals surface area contributed by atoms with E-state index < -0.39 is 22.8 Å². The van der Waals surface area contributed by atoms with E-state index >= 15 is 0 Å². The monoisotopic (exact) mass is 378 g/mol. The normalized spacial score (nSPS) is 36.4. The molecule has 0 spiro atoms. The second kappa shape index (κ2) is 6.98. The van der Waals surface area contributed by atoms with E-state index in [-0.39, 0.29) is 11.7 Å². The van der Waals surface area contributed by atoms with Gasteiger partial charge in [-0.2, -0.15) is 4.89 Å². The molecular weight excluding hydrogens is 352 g/mol. The number of hydrogen-bond donors (Lipinski definition) is 0. The van der Waals surface area contributed by atoms with Crippen molar-refractivity contribution in [3.8, 4) is 0 Å². The summed E-state index contributed by atoms with van der Waals surface area (Å²) in [6.07, 6.45) is 1.90. The summed E-state index contributed by atoms with van der Waals surface area (Å²) in [6, 6.07) is 10.1. The molecule has 0 amide bonds. The first-order valence-corrected chi connectivity index (χ1v) is 9.95. The van der Waals surface area contributed by atoms with E-state index in [1.807, 2.05) is 25.1 Å². The maximum Gasteiger partial charge on any atom is 0.305 e. The topological polar surface area (TPSA) is 61.8 Å². The molecule has 4 atom stereocenters. The number of ketones is 1. The van der Waals surface area contributed by atoms with Gasteiger partial charge in [-0.1, -0.05) is 18.2 Å². The number of benzene rings is 1. The molecule has 0 radical (unpaired) electrons. The smallest absolute Gasteiger partial charge is 0.305 e. The van der Waals surface area contributed by atoms with Gasteiger partial charge in [-0.3, -0.25) is 9.59 Å². The zero-order valence-electron chi connectivity index (χ0n) is 15.7. The summed E-state index contributed by atoms with van der Waals surface area (Å²) in [4.78, 5) is 36.8. The first-order chi connectivity index (χ1) is 12.2. The van der Waals surface area contributed by atoms with Gasteiger partial charge in [0.25, 0.3) is 5.79 Å². The Morgan fingerprint density at radius 3 is 2.50 bits per heavy atom. The Morgan fingerprint density at radius 2 is 1.88 bits per heavy atom. The maximum atomic E-state index is 12.3. The molecule has 3 rings (SSSR count). The number of esters is 1. The van der Waals surface area contributed by atoms with E-state index in [1.54, 1.807) is 18.7 Å². The number of fused-ring (bicyclic) bond motifs is 2. The van der Waals surface area contributed by atoms with E-state index in [2.05, 4.69) is 12.1 Å². The number of hydrogen-bond acceptors (Lipinski definition) is 6. The van der Waals surface area contributed by atoms with Crippen LogP contribution in [0.15, 0.2) is 35.2 Å². The van der Waals surface area contributed by atoms with Crippen LogP contribution in [0.25, 0.3) is 0 Å². The van der Waals surface area contributed by atoms with Crippen molar-refractivity contribution >= 4 is 23.5 Å². The van der Waals surface area contributed by atoms with Crippen LogP contribution in [0.1, 0.15) is 47.0 Å². The van der Waals surface area contributed by atoms with Gasteiger partial charge in [-0.25, -0.2) is 4.89 Å². The predicted molar refractivity (Wildman–Crippen MR) is 98.4 cm³/mol. The Balaban J connectivity index is 1.81. The van der Waals surface area contributed by atoms with Crippen molar-refractivity contribution < 1.29 is 24.1 Å². The molecule has 6 heteroatoms. The van der Waals surface area contributed by atoms with Crippen molar-refractivity contribution in [2.24, 2.45) is 11.3 Å². The fraction of sp³-hybridized carbons (Fsp3) is 0.600. The van der Waals surface area contributed by atoms with Crippen LogP contribution in [0.2, 0.25) is 0 Å². The van der Waals surface area contributed by atoms with Gasteiger partial charge in [0.2, 0.25) is 0 Å². The summed E-state index contributed by atoms with van der Waals surface area (Å²) in [5, 5.41) is 0. The van der Waals surface area contributed by atoms with Crippen molar-refractivity contribution in [2.75, 3.05) is 5.75 Å². The molecule has 0 unspecified atom stereocenters. The first-order valence-electron chi connectivity index (χ1n) is 8.96. The molecule has 5 nitrogen and oxygen atoms in total. The summed E-state index contributed by atoms with van der Waals surface area (Å²) >= 11 is 1.71. The van der Waals surface area contributed by atoms with Crippen molar-refractivity contribution in [2.45, 2.75) is 63.2 Å². The zero-order chi connectivity index (χ0) is 19.0. The van der Waals surface area contributed by atoms with E-state index in [0.717, 1.165) is 6.42 Å². The average Bonchev–Trinajstić information content (AvgIpc) is 2.60. The molecule has 1 saturated carbocycles. The van der Waals surface area contributed by atoms with Crippen LogP contribution in [0.5, 0.6) is 0 Å². The Bertz CT molecular complexity index is 693. The standard InChI is InChI=1S/C20H26O5S/c1-14(21)18(3)11-10-16-12-20(18,23-15(2)22)25-24-19(16,4)13-26-17-8-6-5-7-9-17/h5-9,16H,10-13H2,1-4H3/t16-,18-,19+,20-/m1/s1. The molecule has 1 aromatic carbocycles. The largest absolute Gasteiger partial charge is 0.429 e. The van der Waals surface area contributed by atoms with Gasteiger partial charge < -0.3 is 4.74 Å². The molecule has 1 heterocycles. The minimum Gasteiger partial charge on any atom is -0.429 e. The van der Waals surface area contributed by atoms with Crippen LogP contribution >= 0.6 is 11.8 Å². The Kier molecular flexibility index (Phi) is 5.21. The predicted octanol–water partition coefficient (Wildman–Crippen LogP) is 4.15. The molecule has 2 fully saturated rings. The summed E-state index contributed by atoms with van der Waals surface area (Å²) in [5.41, 5.74) is -1.41. The second-order valence-corrected chi connectivity index (χ2v) is 8.80. The van der Waals surface area contributed by atoms with E-state index in [9.17, 15) is 9.59 Å². The summed E-state index contributed by atoms with van der Waals surface area (Å²) in [7, 11) is 0. The molecule has 0 N–H and O–H groups in total. The number of rotatable bonds is 5. The molecule has 0 aromatic heterocycles. The molecule has 142 valence electrons. The maximum absolute atomic E-state index is 12.3. The fourth-order valence-electron chi connectivity index (χ4n) is 3.92. The Labute approximate surface area is 158 Å². The van der Waals surface area contributed by atoms with E-state index in [1.165, 1.54) is 18.7 Å². The van der Waals surface area contributed by atoms with Gasteiger partial charge in [0.1, 0.15) is 11.4 Å². The van der Waals surface area contributed by atoms with Crippen LogP contribution in [-0.4, -0.2) is 28.9 Å². The highest BCUT2D eigenvalue weighted by Gasteiger charge is 2.65. The van der Waals surface area contributed by atoms with E-state index in [0.29, 0.717) is 18.6 Å². The average molecular weight is 378 g/mol. The third-order valence-corrected chi connectivity index (χ3v) is 7.26. The third-order valence-electron chi connectivity index (χ3n) is 5.93. The zero-order valence-corrected chi connectivity index (χ0v) is 16.6. The number of carbonyl (C=O) groups excluding carboxylic acids is 2. The molecule has 26 heavy (non-hydrogen) atoms. The molecule has 1 aromatic rings. The summed E-state index contributed by atoms with van der Waals surface area (Å²) in [5.74, 6) is -1.01. The van der Waals surface area contributed by atoms with Crippen LogP contribution < -0.4 is 0 Å². The van der Waals surface area contributed by atoms with Crippen LogP contribution in [0.4, 0.5) is 0 Å².